The van der Waals surface area contributed by atoms with Crippen LogP contribution in [0.5, 0.6) is 5.75 Å². The van der Waals surface area contributed by atoms with Crippen molar-refractivity contribution in [3.63, 3.8) is 0 Å². The third kappa shape index (κ3) is 2.68. The van der Waals surface area contributed by atoms with Crippen molar-refractivity contribution in [2.24, 2.45) is 0 Å². The maximum Gasteiger partial charge on any atom is 0.329 e. The smallest absolute Gasteiger partial charge is 0.329 e. The van der Waals surface area contributed by atoms with Gasteiger partial charge in [0, 0.05) is 41.5 Å². The van der Waals surface area contributed by atoms with Gasteiger partial charge in [-0.2, -0.15) is 0 Å². The number of hydrogen-bond donors (Lipinski definition) is 1. The highest BCUT2D eigenvalue weighted by molar-refractivity contribution is 5.90. The minimum absolute atomic E-state index is 0.202. The van der Waals surface area contributed by atoms with Crippen molar-refractivity contribution < 1.29 is 14.3 Å². The molecule has 1 N–H and O–H groups in total. The molecule has 0 radical (unpaired) electrons. The van der Waals surface area contributed by atoms with Crippen LogP contribution in [-0.2, 0) is 16.1 Å². The SMILES string of the molecule is COc1ccc2[nH]c3c(c2c1)C1CCN(C1)C3C(=O)OCc1ccncc1. The van der Waals surface area contributed by atoms with Gasteiger partial charge in [0.05, 0.1) is 7.11 Å². The molecule has 27 heavy (non-hydrogen) atoms. The van der Waals surface area contributed by atoms with E-state index in [9.17, 15) is 4.79 Å². The Morgan fingerprint density at radius 1 is 1.30 bits per heavy atom. The van der Waals surface area contributed by atoms with Crippen LogP contribution in [0.4, 0.5) is 0 Å². The van der Waals surface area contributed by atoms with Crippen LogP contribution in [0.3, 0.4) is 0 Å². The molecule has 2 bridgehead atoms. The van der Waals surface area contributed by atoms with Gasteiger partial charge < -0.3 is 14.5 Å². The van der Waals surface area contributed by atoms with Crippen molar-refractivity contribution in [3.8, 4) is 5.75 Å². The number of pyridine rings is 1. The molecule has 6 nitrogen and oxygen atoms in total. The fourth-order valence-electron chi connectivity index (χ4n) is 4.41. The molecular weight excluding hydrogens is 342 g/mol. The molecule has 0 spiro atoms. The van der Waals surface area contributed by atoms with Gasteiger partial charge in [0.1, 0.15) is 18.4 Å². The summed E-state index contributed by atoms with van der Waals surface area (Å²) in [6.07, 6.45) is 4.47. The van der Waals surface area contributed by atoms with Crippen LogP contribution >= 0.6 is 0 Å². The minimum atomic E-state index is -0.376. The molecule has 3 unspecified atom stereocenters. The summed E-state index contributed by atoms with van der Waals surface area (Å²) in [5.41, 5.74) is 4.21. The highest BCUT2D eigenvalue weighted by atomic mass is 16.5. The topological polar surface area (TPSA) is 67.5 Å². The van der Waals surface area contributed by atoms with Crippen LogP contribution in [0.2, 0.25) is 0 Å². The highest BCUT2D eigenvalue weighted by Gasteiger charge is 2.44. The molecule has 5 rings (SSSR count). The standard InChI is InChI=1S/C21H21N3O3/c1-26-15-2-3-17-16(10-15)18-14-6-9-24(11-14)20(19(18)23-17)21(25)27-12-13-4-7-22-8-5-13/h2-5,7-8,10,14,20,23H,6,9,11-12H2,1H3. The Labute approximate surface area is 157 Å². The molecule has 4 heterocycles. The number of ether oxygens (including phenoxy) is 2. The Hall–Kier alpha value is -2.86. The van der Waals surface area contributed by atoms with Gasteiger partial charge in [-0.15, -0.1) is 0 Å². The number of fused-ring (bicyclic) bond motifs is 6. The number of aromatic nitrogens is 2. The summed E-state index contributed by atoms with van der Waals surface area (Å²) in [5.74, 6) is 1.08. The van der Waals surface area contributed by atoms with E-state index in [-0.39, 0.29) is 18.6 Å². The van der Waals surface area contributed by atoms with E-state index in [4.69, 9.17) is 9.47 Å². The van der Waals surface area contributed by atoms with E-state index < -0.39 is 0 Å². The van der Waals surface area contributed by atoms with Gasteiger partial charge in [-0.3, -0.25) is 9.88 Å². The summed E-state index contributed by atoms with van der Waals surface area (Å²) in [6, 6.07) is 9.38. The molecular formula is C21H21N3O3. The fraction of sp³-hybridized carbons (Fsp3) is 0.333. The number of benzene rings is 1. The average Bonchev–Trinajstić information content (AvgIpc) is 3.29. The lowest BCUT2D eigenvalue weighted by Gasteiger charge is -2.30. The third-order valence-electron chi connectivity index (χ3n) is 5.70. The first-order valence-corrected chi connectivity index (χ1v) is 9.23. The number of carbonyl (C=O) groups excluding carboxylic acids is 1. The molecule has 3 atom stereocenters. The number of H-pyrrole nitrogens is 1. The zero-order valence-electron chi connectivity index (χ0n) is 15.1. The Kier molecular flexibility index (Phi) is 3.86. The Balaban J connectivity index is 1.50. The van der Waals surface area contributed by atoms with Crippen molar-refractivity contribution in [3.05, 3.63) is 59.5 Å². The molecule has 1 aromatic carbocycles. The summed E-state index contributed by atoms with van der Waals surface area (Å²) in [5, 5.41) is 1.16. The summed E-state index contributed by atoms with van der Waals surface area (Å²) in [6.45, 7) is 2.07. The van der Waals surface area contributed by atoms with Crippen molar-refractivity contribution in [1.82, 2.24) is 14.9 Å². The molecule has 6 heteroatoms. The number of rotatable bonds is 4. The molecule has 0 amide bonds. The summed E-state index contributed by atoms with van der Waals surface area (Å²) in [4.78, 5) is 22.7. The predicted molar refractivity (Wildman–Crippen MR) is 101 cm³/mol. The first-order valence-electron chi connectivity index (χ1n) is 9.23. The average molecular weight is 363 g/mol. The van der Waals surface area contributed by atoms with Crippen molar-refractivity contribution in [1.29, 1.82) is 0 Å². The van der Waals surface area contributed by atoms with E-state index in [2.05, 4.69) is 20.9 Å². The molecule has 2 aliphatic heterocycles. The first-order chi connectivity index (χ1) is 13.2. The third-order valence-corrected chi connectivity index (χ3v) is 5.70. The van der Waals surface area contributed by atoms with Crippen LogP contribution in [0.1, 0.15) is 35.2 Å². The van der Waals surface area contributed by atoms with Gasteiger partial charge in [0.25, 0.3) is 0 Å². The highest BCUT2D eigenvalue weighted by Crippen LogP contribution is 2.46. The number of esters is 1. The first kappa shape index (κ1) is 16.3. The monoisotopic (exact) mass is 363 g/mol. The lowest BCUT2D eigenvalue weighted by molar-refractivity contribution is -0.151. The molecule has 1 saturated heterocycles. The zero-order chi connectivity index (χ0) is 18.4. The van der Waals surface area contributed by atoms with Gasteiger partial charge in [0.15, 0.2) is 0 Å². The van der Waals surface area contributed by atoms with E-state index in [0.29, 0.717) is 5.92 Å². The second kappa shape index (κ2) is 6.39. The van der Waals surface area contributed by atoms with Gasteiger partial charge >= 0.3 is 5.97 Å². The van der Waals surface area contributed by atoms with E-state index in [1.54, 1.807) is 19.5 Å². The zero-order valence-corrected chi connectivity index (χ0v) is 15.1. The molecule has 2 aromatic heterocycles. The van der Waals surface area contributed by atoms with Crippen LogP contribution in [0.15, 0.2) is 42.7 Å². The molecule has 3 aromatic rings. The van der Waals surface area contributed by atoms with Crippen LogP contribution in [0.25, 0.3) is 10.9 Å². The summed E-state index contributed by atoms with van der Waals surface area (Å²) >= 11 is 0. The number of carbonyl (C=O) groups is 1. The molecule has 0 saturated carbocycles. The van der Waals surface area contributed by atoms with E-state index in [1.165, 1.54) is 5.56 Å². The van der Waals surface area contributed by atoms with Gasteiger partial charge in [-0.25, -0.2) is 4.79 Å². The predicted octanol–water partition coefficient (Wildman–Crippen LogP) is 3.16. The van der Waals surface area contributed by atoms with Gasteiger partial charge in [-0.05, 0) is 54.4 Å². The maximum atomic E-state index is 13.0. The Morgan fingerprint density at radius 3 is 2.96 bits per heavy atom. The number of nitrogens with zero attached hydrogens (tertiary/aromatic N) is 2. The number of aromatic amines is 1. The van der Waals surface area contributed by atoms with Crippen molar-refractivity contribution in [2.75, 3.05) is 20.2 Å². The normalized spacial score (nSPS) is 23.2. The number of methoxy groups -OCH3 is 1. The molecule has 138 valence electrons. The fourth-order valence-corrected chi connectivity index (χ4v) is 4.41. The molecule has 2 aliphatic rings. The van der Waals surface area contributed by atoms with E-state index in [0.717, 1.165) is 47.4 Å². The summed E-state index contributed by atoms with van der Waals surface area (Å²) in [7, 11) is 1.68. The van der Waals surface area contributed by atoms with Gasteiger partial charge in [-0.1, -0.05) is 0 Å². The number of hydrogen-bond acceptors (Lipinski definition) is 5. The quantitative estimate of drug-likeness (QED) is 0.721. The van der Waals surface area contributed by atoms with E-state index >= 15 is 0 Å². The molecule has 0 aliphatic carbocycles. The minimum Gasteiger partial charge on any atom is -0.497 e. The van der Waals surface area contributed by atoms with Crippen LogP contribution < -0.4 is 4.74 Å². The number of nitrogens with one attached hydrogen (secondary N) is 1. The van der Waals surface area contributed by atoms with E-state index in [1.807, 2.05) is 24.3 Å². The lowest BCUT2D eigenvalue weighted by Crippen LogP contribution is -2.37. The maximum absolute atomic E-state index is 13.0. The molecule has 1 fully saturated rings. The van der Waals surface area contributed by atoms with Crippen LogP contribution in [-0.4, -0.2) is 41.0 Å². The lowest BCUT2D eigenvalue weighted by atomic mass is 9.90. The largest absolute Gasteiger partial charge is 0.497 e. The van der Waals surface area contributed by atoms with Crippen molar-refractivity contribution >= 4 is 16.9 Å². The van der Waals surface area contributed by atoms with Crippen molar-refractivity contribution in [2.45, 2.75) is 25.0 Å². The Bertz CT molecular complexity index is 999. The second-order valence-electron chi connectivity index (χ2n) is 7.21. The summed E-state index contributed by atoms with van der Waals surface area (Å²) < 4.78 is 11.1. The second-order valence-corrected chi connectivity index (χ2v) is 7.21. The van der Waals surface area contributed by atoms with Gasteiger partial charge in [0.2, 0.25) is 0 Å². The Morgan fingerprint density at radius 2 is 2.15 bits per heavy atom. The van der Waals surface area contributed by atoms with Crippen LogP contribution in [0, 0.1) is 0 Å².